The first-order valence-corrected chi connectivity index (χ1v) is 12.1. The van der Waals surface area contributed by atoms with Crippen molar-refractivity contribution in [1.82, 2.24) is 14.9 Å². The highest BCUT2D eigenvalue weighted by molar-refractivity contribution is 7.99. The van der Waals surface area contributed by atoms with Gasteiger partial charge in [0.05, 0.1) is 42.6 Å². The Morgan fingerprint density at radius 2 is 1.82 bits per heavy atom. The smallest absolute Gasteiger partial charge is 0.418 e. The van der Waals surface area contributed by atoms with E-state index in [4.69, 9.17) is 9.47 Å². The number of carbonyl (C=O) groups excluding carboxylic acids is 1. The molecule has 0 radical (unpaired) electrons. The first-order chi connectivity index (χ1) is 18.0. The third-order valence-corrected chi connectivity index (χ3v) is 6.53. The Bertz CT molecular complexity index is 1290. The molecule has 6 nitrogen and oxygen atoms in total. The summed E-state index contributed by atoms with van der Waals surface area (Å²) < 4.78 is 95.2. The maximum absolute atomic E-state index is 14.1. The molecule has 4 rings (SSSR count). The predicted octanol–water partition coefficient (Wildman–Crippen LogP) is 6.05. The number of benzene rings is 2. The molecule has 3 aromatic rings. The number of rotatable bonds is 7. The van der Waals surface area contributed by atoms with Gasteiger partial charge in [-0.2, -0.15) is 26.3 Å². The van der Waals surface area contributed by atoms with Gasteiger partial charge in [-0.25, -0.2) is 4.98 Å². The van der Waals surface area contributed by atoms with Gasteiger partial charge in [0.15, 0.2) is 0 Å². The Labute approximate surface area is 217 Å². The van der Waals surface area contributed by atoms with Gasteiger partial charge in [-0.05, 0) is 35.9 Å². The van der Waals surface area contributed by atoms with E-state index in [1.165, 1.54) is 35.6 Å². The second-order valence-corrected chi connectivity index (χ2v) is 9.23. The van der Waals surface area contributed by atoms with Crippen LogP contribution in [0.2, 0.25) is 0 Å². The molecule has 1 fully saturated rings. The van der Waals surface area contributed by atoms with Crippen LogP contribution >= 0.6 is 11.8 Å². The zero-order valence-corrected chi connectivity index (χ0v) is 20.4. The van der Waals surface area contributed by atoms with Crippen LogP contribution in [0, 0.1) is 0 Å². The molecule has 1 aromatic heterocycles. The minimum absolute atomic E-state index is 0.115. The number of H-pyrrole nitrogens is 1. The zero-order chi connectivity index (χ0) is 27.3. The first kappa shape index (κ1) is 27.6. The summed E-state index contributed by atoms with van der Waals surface area (Å²) in [6.07, 6.45) is -6.04. The zero-order valence-electron chi connectivity index (χ0n) is 19.6. The molecule has 0 unspecified atom stereocenters. The van der Waals surface area contributed by atoms with Crippen LogP contribution in [0.3, 0.4) is 0 Å². The maximum atomic E-state index is 14.1. The highest BCUT2D eigenvalue weighted by Crippen LogP contribution is 2.48. The Hall–Kier alpha value is -3.45. The number of nitrogens with zero attached hydrogens (tertiary/aromatic N) is 2. The average molecular weight is 558 g/mol. The summed E-state index contributed by atoms with van der Waals surface area (Å²) in [7, 11) is 0. The second-order valence-electron chi connectivity index (χ2n) is 8.11. The molecule has 0 aliphatic carbocycles. The molecular weight excluding hydrogens is 536 g/mol. The van der Waals surface area contributed by atoms with Crippen LogP contribution in [0.4, 0.5) is 26.3 Å². The van der Waals surface area contributed by atoms with Crippen LogP contribution in [0.15, 0.2) is 64.8 Å². The van der Waals surface area contributed by atoms with E-state index in [0.29, 0.717) is 23.2 Å². The van der Waals surface area contributed by atoms with Crippen molar-refractivity contribution in [2.24, 2.45) is 0 Å². The van der Waals surface area contributed by atoms with Crippen LogP contribution in [0.5, 0.6) is 5.75 Å². The number of hydrogen-bond acceptors (Lipinski definition) is 5. The topological polar surface area (TPSA) is 67.5 Å². The van der Waals surface area contributed by atoms with Crippen molar-refractivity contribution in [3.8, 4) is 5.75 Å². The van der Waals surface area contributed by atoms with E-state index in [2.05, 4.69) is 9.97 Å². The second kappa shape index (κ2) is 11.5. The molecule has 1 aliphatic heterocycles. The van der Waals surface area contributed by atoms with Crippen molar-refractivity contribution in [3.63, 3.8) is 0 Å². The molecule has 38 heavy (non-hydrogen) atoms. The number of aromatic nitrogens is 2. The summed E-state index contributed by atoms with van der Waals surface area (Å²) in [5, 5.41) is 0. The number of nitrogens with one attached hydrogen (secondary N) is 1. The number of aromatic amines is 1. The van der Waals surface area contributed by atoms with Crippen LogP contribution in [-0.4, -0.2) is 47.1 Å². The summed E-state index contributed by atoms with van der Waals surface area (Å²) in [4.78, 5) is 20.0. The van der Waals surface area contributed by atoms with Crippen LogP contribution in [-0.2, 0) is 28.5 Å². The van der Waals surface area contributed by atoms with E-state index in [-0.39, 0.29) is 37.8 Å². The summed E-state index contributed by atoms with van der Waals surface area (Å²) >= 11 is 0.531. The minimum Gasteiger partial charge on any atom is -0.487 e. The van der Waals surface area contributed by atoms with Gasteiger partial charge in [0.25, 0.3) is 0 Å². The van der Waals surface area contributed by atoms with Crippen LogP contribution < -0.4 is 4.74 Å². The van der Waals surface area contributed by atoms with Gasteiger partial charge < -0.3 is 19.4 Å². The number of imidazole rings is 1. The highest BCUT2D eigenvalue weighted by Gasteiger charge is 2.46. The van der Waals surface area contributed by atoms with Crippen molar-refractivity contribution in [2.45, 2.75) is 28.8 Å². The van der Waals surface area contributed by atoms with E-state index in [1.807, 2.05) is 0 Å². The predicted molar refractivity (Wildman–Crippen MR) is 126 cm³/mol. The van der Waals surface area contributed by atoms with Gasteiger partial charge in [-0.3, -0.25) is 4.79 Å². The monoisotopic (exact) mass is 557 g/mol. The third-order valence-electron chi connectivity index (χ3n) is 5.48. The highest BCUT2D eigenvalue weighted by atomic mass is 32.2. The molecule has 2 aromatic carbocycles. The normalized spacial score (nSPS) is 14.7. The molecule has 0 saturated carbocycles. The van der Waals surface area contributed by atoms with Gasteiger partial charge in [0.1, 0.15) is 12.4 Å². The van der Waals surface area contributed by atoms with Crippen molar-refractivity contribution in [2.75, 3.05) is 26.3 Å². The third kappa shape index (κ3) is 6.90. The Morgan fingerprint density at radius 1 is 1.08 bits per heavy atom. The van der Waals surface area contributed by atoms with E-state index in [1.54, 1.807) is 6.07 Å². The number of morpholine rings is 1. The molecule has 1 saturated heterocycles. The summed E-state index contributed by atoms with van der Waals surface area (Å²) in [6, 6.07) is 7.91. The summed E-state index contributed by atoms with van der Waals surface area (Å²) in [5.74, 6) is -0.296. The van der Waals surface area contributed by atoms with Gasteiger partial charge in [-0.15, -0.1) is 0 Å². The minimum atomic E-state index is -5.34. The lowest BCUT2D eigenvalue weighted by Crippen LogP contribution is -2.39. The van der Waals surface area contributed by atoms with Gasteiger partial charge >= 0.3 is 12.4 Å². The lowest BCUT2D eigenvalue weighted by Gasteiger charge is -2.25. The molecule has 1 aliphatic rings. The summed E-state index contributed by atoms with van der Waals surface area (Å²) in [5.41, 5.74) is -3.77. The van der Waals surface area contributed by atoms with Crippen molar-refractivity contribution in [1.29, 1.82) is 0 Å². The van der Waals surface area contributed by atoms with Gasteiger partial charge in [0.2, 0.25) is 5.91 Å². The summed E-state index contributed by atoms with van der Waals surface area (Å²) in [6.45, 7) is 1.14. The van der Waals surface area contributed by atoms with Crippen molar-refractivity contribution in [3.05, 3.63) is 77.4 Å². The molecule has 2 heterocycles. The molecule has 1 N–H and O–H groups in total. The number of carbonyl (C=O) groups is 1. The first-order valence-electron chi connectivity index (χ1n) is 11.3. The number of halogens is 6. The molecule has 0 spiro atoms. The number of ether oxygens (including phenoxy) is 2. The molecule has 0 bridgehead atoms. The fourth-order valence-corrected chi connectivity index (χ4v) is 4.77. The number of alkyl halides is 6. The largest absolute Gasteiger partial charge is 0.487 e. The van der Waals surface area contributed by atoms with E-state index in [9.17, 15) is 31.1 Å². The fourth-order valence-electron chi connectivity index (χ4n) is 3.74. The Balaban J connectivity index is 1.66. The van der Waals surface area contributed by atoms with Crippen LogP contribution in [0.25, 0.3) is 6.08 Å². The lowest BCUT2D eigenvalue weighted by atomic mass is 9.99. The van der Waals surface area contributed by atoms with E-state index >= 15 is 0 Å². The standard InChI is InChI=1S/C25H21F6N3O3S/c26-24(27,28)22-16(5-7-21(35)34-8-10-36-11-9-34)4-6-20(23(22)25(29,30)31)38-19-3-1-2-18(12-19)37-14-17-13-32-15-33-17/h1-7,12-13,15H,8-11,14H2,(H,32,33)/b7-5+. The van der Waals surface area contributed by atoms with E-state index < -0.39 is 39.8 Å². The van der Waals surface area contributed by atoms with E-state index in [0.717, 1.165) is 24.3 Å². The van der Waals surface area contributed by atoms with Gasteiger partial charge in [0, 0.05) is 29.0 Å². The van der Waals surface area contributed by atoms with Crippen molar-refractivity contribution < 1.29 is 40.6 Å². The van der Waals surface area contributed by atoms with Crippen molar-refractivity contribution >= 4 is 23.7 Å². The number of amides is 1. The molecule has 202 valence electrons. The molecule has 13 heteroatoms. The maximum Gasteiger partial charge on any atom is 0.418 e. The number of hydrogen-bond donors (Lipinski definition) is 1. The van der Waals surface area contributed by atoms with Gasteiger partial charge in [-0.1, -0.05) is 23.9 Å². The SMILES string of the molecule is O=C(/C=C/c1ccc(Sc2cccc(OCc3cnc[nH]3)c2)c(C(F)(F)F)c1C(F)(F)F)N1CCOCC1. The van der Waals surface area contributed by atoms with Crippen LogP contribution in [0.1, 0.15) is 22.4 Å². The Kier molecular flexibility index (Phi) is 8.36. The molecule has 1 amide bonds. The molecular formula is C25H21F6N3O3S. The quantitative estimate of drug-likeness (QED) is 0.283. The Morgan fingerprint density at radius 3 is 2.47 bits per heavy atom. The molecule has 0 atom stereocenters. The lowest BCUT2D eigenvalue weighted by molar-refractivity contribution is -0.163. The fraction of sp³-hybridized carbons (Fsp3) is 0.280. The average Bonchev–Trinajstić information content (AvgIpc) is 3.39.